The minimum Gasteiger partial charge on any atom is -0.516 e. The van der Waals surface area contributed by atoms with Gasteiger partial charge in [-0.1, -0.05) is 48.5 Å². The summed E-state index contributed by atoms with van der Waals surface area (Å²) >= 11 is 0. The molecule has 96 valence electrons. The molecule has 0 saturated heterocycles. The molecule has 0 aliphatic heterocycles. The Hall–Kier alpha value is -2.53. The van der Waals surface area contributed by atoms with Gasteiger partial charge in [-0.25, -0.2) is 0 Å². The molecular formula is C17H17NO. The van der Waals surface area contributed by atoms with Crippen molar-refractivity contribution in [2.24, 2.45) is 0 Å². The summed E-state index contributed by atoms with van der Waals surface area (Å²) in [7, 11) is 0. The number of hydrogen-bond acceptors (Lipinski definition) is 2. The lowest BCUT2D eigenvalue weighted by Gasteiger charge is -2.05. The van der Waals surface area contributed by atoms with E-state index in [2.05, 4.69) is 43.8 Å². The fraction of sp³-hybridized carbons (Fsp3) is 0.118. The maximum Gasteiger partial charge on any atom is 0.0998 e. The van der Waals surface area contributed by atoms with Crippen molar-refractivity contribution >= 4 is 0 Å². The Labute approximate surface area is 114 Å². The van der Waals surface area contributed by atoms with E-state index in [1.54, 1.807) is 0 Å². The van der Waals surface area contributed by atoms with Crippen LogP contribution in [0.2, 0.25) is 0 Å². The molecule has 0 fully saturated rings. The number of rotatable bonds is 1. The summed E-state index contributed by atoms with van der Waals surface area (Å²) in [6, 6.07) is 16.5. The van der Waals surface area contributed by atoms with Crippen molar-refractivity contribution in [3.8, 4) is 17.2 Å². The molecule has 0 aliphatic rings. The van der Waals surface area contributed by atoms with Gasteiger partial charge in [0.2, 0.25) is 0 Å². The van der Waals surface area contributed by atoms with Gasteiger partial charge >= 0.3 is 0 Å². The summed E-state index contributed by atoms with van der Waals surface area (Å²) in [4.78, 5) is 0. The smallest absolute Gasteiger partial charge is 0.0998 e. The number of aliphatic hydroxyl groups excluding tert-OH is 1. The molecule has 0 heterocycles. The fourth-order valence-corrected chi connectivity index (χ4v) is 1.74. The molecule has 2 nitrogen and oxygen atoms in total. The van der Waals surface area contributed by atoms with Crippen LogP contribution < -0.4 is 0 Å². The molecule has 1 N–H and O–H groups in total. The first-order valence-corrected chi connectivity index (χ1v) is 5.95. The van der Waals surface area contributed by atoms with E-state index < -0.39 is 0 Å². The molecule has 2 aromatic rings. The number of nitriles is 1. The Kier molecular flexibility index (Phi) is 5.37. The van der Waals surface area contributed by atoms with E-state index in [0.717, 1.165) is 28.5 Å². The number of benzene rings is 2. The van der Waals surface area contributed by atoms with E-state index in [1.165, 1.54) is 5.56 Å². The van der Waals surface area contributed by atoms with Gasteiger partial charge in [0, 0.05) is 0 Å². The average Bonchev–Trinajstić information content (AvgIpc) is 2.41. The highest BCUT2D eigenvalue weighted by Gasteiger charge is 2.04. The molecule has 0 bridgehead atoms. The molecule has 2 heteroatoms. The Morgan fingerprint density at radius 1 is 1.05 bits per heavy atom. The Morgan fingerprint density at radius 3 is 2.11 bits per heavy atom. The number of nitrogens with zero attached hydrogens (tertiary/aromatic N) is 1. The van der Waals surface area contributed by atoms with Crippen molar-refractivity contribution < 1.29 is 5.11 Å². The van der Waals surface area contributed by atoms with Crippen molar-refractivity contribution in [1.29, 1.82) is 5.26 Å². The standard InChI is InChI=1S/C15H13N.C2H4O/c1-11-3-6-13(7-4-11)15-8-5-12(2)9-14(15)10-16;1-2-3/h3-9H,1-2H3;2-3H,1H2. The van der Waals surface area contributed by atoms with Crippen LogP contribution in [0.1, 0.15) is 16.7 Å². The third-order valence-electron chi connectivity index (χ3n) is 2.66. The number of hydrogen-bond donors (Lipinski definition) is 1. The Balaban J connectivity index is 0.000000550. The summed E-state index contributed by atoms with van der Waals surface area (Å²) < 4.78 is 0. The molecule has 2 rings (SSSR count). The van der Waals surface area contributed by atoms with Gasteiger partial charge in [-0.05, 0) is 36.6 Å². The van der Waals surface area contributed by atoms with Gasteiger partial charge in [0.05, 0.1) is 17.9 Å². The van der Waals surface area contributed by atoms with Gasteiger partial charge in [-0.2, -0.15) is 5.26 Å². The molecule has 0 aromatic heterocycles. The molecule has 0 atom stereocenters. The van der Waals surface area contributed by atoms with Crippen molar-refractivity contribution in [3.05, 3.63) is 72.0 Å². The minimum absolute atomic E-state index is 0.740. The van der Waals surface area contributed by atoms with Crippen LogP contribution in [0.3, 0.4) is 0 Å². The maximum atomic E-state index is 9.11. The van der Waals surface area contributed by atoms with E-state index in [0.29, 0.717) is 0 Å². The van der Waals surface area contributed by atoms with Gasteiger partial charge < -0.3 is 5.11 Å². The van der Waals surface area contributed by atoms with E-state index >= 15 is 0 Å². The summed E-state index contributed by atoms with van der Waals surface area (Å²) in [6.45, 7) is 6.98. The molecule has 0 aliphatic carbocycles. The van der Waals surface area contributed by atoms with Crippen LogP contribution in [0.25, 0.3) is 11.1 Å². The van der Waals surface area contributed by atoms with Gasteiger partial charge in [0.1, 0.15) is 0 Å². The SMILES string of the molecule is C=CO.Cc1ccc(-c2ccc(C)cc2C#N)cc1. The van der Waals surface area contributed by atoms with E-state index in [4.69, 9.17) is 10.4 Å². The predicted octanol–water partition coefficient (Wildman–Crippen LogP) is 4.53. The highest BCUT2D eigenvalue weighted by Crippen LogP contribution is 2.24. The molecule has 2 aromatic carbocycles. The Bertz CT molecular complexity index is 592. The second-order valence-electron chi connectivity index (χ2n) is 4.21. The highest BCUT2D eigenvalue weighted by molar-refractivity contribution is 5.71. The quantitative estimate of drug-likeness (QED) is 0.757. The zero-order valence-electron chi connectivity index (χ0n) is 11.2. The first-order valence-electron chi connectivity index (χ1n) is 5.95. The zero-order valence-corrected chi connectivity index (χ0v) is 11.2. The highest BCUT2D eigenvalue weighted by atomic mass is 16.2. The van der Waals surface area contributed by atoms with Crippen molar-refractivity contribution in [2.75, 3.05) is 0 Å². The third-order valence-corrected chi connectivity index (χ3v) is 2.66. The van der Waals surface area contributed by atoms with Crippen LogP contribution in [0, 0.1) is 25.2 Å². The fourth-order valence-electron chi connectivity index (χ4n) is 1.74. The lowest BCUT2D eigenvalue weighted by atomic mass is 9.98. The Morgan fingerprint density at radius 2 is 1.58 bits per heavy atom. The van der Waals surface area contributed by atoms with Crippen LogP contribution in [0.4, 0.5) is 0 Å². The monoisotopic (exact) mass is 251 g/mol. The van der Waals surface area contributed by atoms with Gasteiger partial charge in [0.25, 0.3) is 0 Å². The summed E-state index contributed by atoms with van der Waals surface area (Å²) in [5.74, 6) is 0. The molecule has 0 unspecified atom stereocenters. The molecule has 0 saturated carbocycles. The zero-order chi connectivity index (χ0) is 14.3. The summed E-state index contributed by atoms with van der Waals surface area (Å²) in [6.07, 6.45) is 0.750. The molecular weight excluding hydrogens is 234 g/mol. The second kappa shape index (κ2) is 7.03. The number of aryl methyl sites for hydroxylation is 2. The normalized spacial score (nSPS) is 8.89. The van der Waals surface area contributed by atoms with E-state index in [-0.39, 0.29) is 0 Å². The second-order valence-corrected chi connectivity index (χ2v) is 4.21. The first kappa shape index (κ1) is 14.5. The summed E-state index contributed by atoms with van der Waals surface area (Å²) in [5, 5.41) is 16.4. The van der Waals surface area contributed by atoms with Crippen molar-refractivity contribution in [2.45, 2.75) is 13.8 Å². The molecule has 0 amide bonds. The van der Waals surface area contributed by atoms with Gasteiger partial charge in [-0.15, -0.1) is 0 Å². The predicted molar refractivity (Wildman–Crippen MR) is 78.9 cm³/mol. The van der Waals surface area contributed by atoms with E-state index in [9.17, 15) is 0 Å². The third kappa shape index (κ3) is 4.01. The molecule has 19 heavy (non-hydrogen) atoms. The topological polar surface area (TPSA) is 44.0 Å². The van der Waals surface area contributed by atoms with E-state index in [1.807, 2.05) is 25.1 Å². The van der Waals surface area contributed by atoms with Crippen LogP contribution in [-0.2, 0) is 0 Å². The lowest BCUT2D eigenvalue weighted by molar-refractivity contribution is 0.476. The average molecular weight is 251 g/mol. The maximum absolute atomic E-state index is 9.11. The van der Waals surface area contributed by atoms with Crippen molar-refractivity contribution in [1.82, 2.24) is 0 Å². The largest absolute Gasteiger partial charge is 0.516 e. The van der Waals surface area contributed by atoms with Gasteiger partial charge in [0.15, 0.2) is 0 Å². The summed E-state index contributed by atoms with van der Waals surface area (Å²) in [5.41, 5.74) is 5.20. The van der Waals surface area contributed by atoms with Crippen LogP contribution in [0.5, 0.6) is 0 Å². The van der Waals surface area contributed by atoms with Crippen LogP contribution in [-0.4, -0.2) is 5.11 Å². The van der Waals surface area contributed by atoms with Crippen LogP contribution >= 0.6 is 0 Å². The number of aliphatic hydroxyl groups is 1. The molecule has 0 spiro atoms. The molecule has 0 radical (unpaired) electrons. The minimum atomic E-state index is 0.740. The first-order chi connectivity index (χ1) is 9.12. The van der Waals surface area contributed by atoms with Crippen LogP contribution in [0.15, 0.2) is 55.3 Å². The lowest BCUT2D eigenvalue weighted by Crippen LogP contribution is -1.86. The van der Waals surface area contributed by atoms with Gasteiger partial charge in [-0.3, -0.25) is 0 Å². The van der Waals surface area contributed by atoms with Crippen molar-refractivity contribution in [3.63, 3.8) is 0 Å².